The Balaban J connectivity index is 2.65. The van der Waals surface area contributed by atoms with Crippen LogP contribution in [0.2, 0.25) is 0 Å². The Labute approximate surface area is 97.2 Å². The van der Waals surface area contributed by atoms with Crippen LogP contribution < -0.4 is 0 Å². The van der Waals surface area contributed by atoms with Crippen LogP contribution in [0.25, 0.3) is 0 Å². The summed E-state index contributed by atoms with van der Waals surface area (Å²) in [5, 5.41) is 0.0551. The number of rotatable bonds is 5. The van der Waals surface area contributed by atoms with E-state index in [1.165, 1.54) is 16.2 Å². The number of ketones is 1. The van der Waals surface area contributed by atoms with Crippen molar-refractivity contribution >= 4 is 27.9 Å². The lowest BCUT2D eigenvalue weighted by Gasteiger charge is -2.02. The highest BCUT2D eigenvalue weighted by Gasteiger charge is 2.14. The second-order valence-electron chi connectivity index (χ2n) is 3.62. The molecule has 0 bridgehead atoms. The molecule has 0 aliphatic carbocycles. The normalized spacial score (nSPS) is 13.1. The minimum absolute atomic E-state index is 0.00623. The fourth-order valence-electron chi connectivity index (χ4n) is 1.08. The highest BCUT2D eigenvalue weighted by molar-refractivity contribution is 7.86. The molecule has 0 fully saturated rings. The van der Waals surface area contributed by atoms with Gasteiger partial charge in [-0.05, 0) is 18.6 Å². The molecular formula is C11H16O2S2. The predicted molar refractivity (Wildman–Crippen MR) is 66.2 cm³/mol. The SMILES string of the molecule is CCc1ccc(C(=O)CS(=O)C(C)C)s1. The number of hydrogen-bond donors (Lipinski definition) is 0. The molecule has 1 rings (SSSR count). The maximum absolute atomic E-state index is 11.7. The average molecular weight is 244 g/mol. The van der Waals surface area contributed by atoms with Gasteiger partial charge in [0.05, 0.1) is 10.6 Å². The Morgan fingerprint density at radius 3 is 2.60 bits per heavy atom. The van der Waals surface area contributed by atoms with Gasteiger partial charge in [0.1, 0.15) is 0 Å². The molecule has 2 nitrogen and oxygen atoms in total. The third-order valence-electron chi connectivity index (χ3n) is 2.08. The maximum atomic E-state index is 11.7. The van der Waals surface area contributed by atoms with E-state index < -0.39 is 10.8 Å². The van der Waals surface area contributed by atoms with Crippen LogP contribution in [0.1, 0.15) is 35.3 Å². The summed E-state index contributed by atoms with van der Waals surface area (Å²) in [5.74, 6) is 0.160. The molecule has 84 valence electrons. The molecule has 0 aromatic carbocycles. The number of hydrogen-bond acceptors (Lipinski definition) is 3. The van der Waals surface area contributed by atoms with Gasteiger partial charge in [-0.2, -0.15) is 0 Å². The number of Topliss-reactive ketones (excluding diaryl/α,β-unsaturated/α-hetero) is 1. The topological polar surface area (TPSA) is 34.1 Å². The summed E-state index contributed by atoms with van der Waals surface area (Å²) in [4.78, 5) is 13.6. The largest absolute Gasteiger partial charge is 0.292 e. The van der Waals surface area contributed by atoms with Crippen LogP contribution in [0.3, 0.4) is 0 Å². The lowest BCUT2D eigenvalue weighted by Crippen LogP contribution is -2.16. The number of carbonyl (C=O) groups excluding carboxylic acids is 1. The van der Waals surface area contributed by atoms with Crippen LogP contribution in [0.4, 0.5) is 0 Å². The van der Waals surface area contributed by atoms with Crippen LogP contribution in [0.5, 0.6) is 0 Å². The molecule has 1 aromatic heterocycles. The van der Waals surface area contributed by atoms with Crippen molar-refractivity contribution in [1.82, 2.24) is 0 Å². The molecule has 1 unspecified atom stereocenters. The predicted octanol–water partition coefficient (Wildman–Crippen LogP) is 2.65. The number of aryl methyl sites for hydroxylation is 1. The third-order valence-corrected chi connectivity index (χ3v) is 4.95. The van der Waals surface area contributed by atoms with Gasteiger partial charge in [0.15, 0.2) is 5.78 Å². The van der Waals surface area contributed by atoms with Gasteiger partial charge in [0.2, 0.25) is 0 Å². The third kappa shape index (κ3) is 3.54. The van der Waals surface area contributed by atoms with E-state index >= 15 is 0 Å². The van der Waals surface area contributed by atoms with Crippen LogP contribution in [-0.4, -0.2) is 21.0 Å². The van der Waals surface area contributed by atoms with Gasteiger partial charge in [-0.1, -0.05) is 20.8 Å². The quantitative estimate of drug-likeness (QED) is 0.746. The average Bonchev–Trinajstić information content (AvgIpc) is 2.65. The first kappa shape index (κ1) is 12.6. The first-order valence-corrected chi connectivity index (χ1v) is 7.23. The van der Waals surface area contributed by atoms with E-state index in [0.717, 1.165) is 11.3 Å². The zero-order chi connectivity index (χ0) is 11.4. The Morgan fingerprint density at radius 1 is 1.47 bits per heavy atom. The lowest BCUT2D eigenvalue weighted by molar-refractivity contribution is 0.102. The standard InChI is InChI=1S/C11H16O2S2/c1-4-9-5-6-11(14-9)10(12)7-15(13)8(2)3/h5-6,8H,4,7H2,1-3H3. The van der Waals surface area contributed by atoms with Crippen LogP contribution >= 0.6 is 11.3 Å². The minimum Gasteiger partial charge on any atom is -0.292 e. The van der Waals surface area contributed by atoms with Crippen molar-refractivity contribution in [3.63, 3.8) is 0 Å². The van der Waals surface area contributed by atoms with Crippen molar-refractivity contribution in [2.75, 3.05) is 5.75 Å². The van der Waals surface area contributed by atoms with Gasteiger partial charge in [-0.3, -0.25) is 9.00 Å². The molecule has 0 aliphatic heterocycles. The first-order chi connectivity index (χ1) is 7.04. The van der Waals surface area contributed by atoms with Crippen molar-refractivity contribution in [1.29, 1.82) is 0 Å². The van der Waals surface area contributed by atoms with Gasteiger partial charge in [-0.25, -0.2) is 0 Å². The summed E-state index contributed by atoms with van der Waals surface area (Å²) >= 11 is 1.51. The highest BCUT2D eigenvalue weighted by Crippen LogP contribution is 2.18. The summed E-state index contributed by atoms with van der Waals surface area (Å²) in [6, 6.07) is 3.81. The summed E-state index contributed by atoms with van der Waals surface area (Å²) in [6.07, 6.45) is 0.950. The Kier molecular flexibility index (Phi) is 4.67. The summed E-state index contributed by atoms with van der Waals surface area (Å²) in [6.45, 7) is 5.80. The van der Waals surface area contributed by atoms with Gasteiger partial charge >= 0.3 is 0 Å². The number of carbonyl (C=O) groups is 1. The Morgan fingerprint density at radius 2 is 2.13 bits per heavy atom. The molecule has 0 spiro atoms. The molecule has 0 N–H and O–H groups in total. The molecule has 0 saturated heterocycles. The maximum Gasteiger partial charge on any atom is 0.185 e. The Bertz CT molecular complexity index is 366. The van der Waals surface area contributed by atoms with Gasteiger partial charge in [0.25, 0.3) is 0 Å². The van der Waals surface area contributed by atoms with Crippen LogP contribution in [-0.2, 0) is 17.2 Å². The molecule has 0 amide bonds. The Hall–Kier alpha value is -0.480. The smallest absolute Gasteiger partial charge is 0.185 e. The van der Waals surface area contributed by atoms with Crippen molar-refractivity contribution in [3.05, 3.63) is 21.9 Å². The molecule has 1 heterocycles. The van der Waals surface area contributed by atoms with E-state index in [2.05, 4.69) is 6.92 Å². The molecule has 1 aromatic rings. The van der Waals surface area contributed by atoms with E-state index in [0.29, 0.717) is 0 Å². The fourth-order valence-corrected chi connectivity index (χ4v) is 2.81. The van der Waals surface area contributed by atoms with Gasteiger partial charge in [0, 0.05) is 20.9 Å². The molecule has 1 atom stereocenters. The van der Waals surface area contributed by atoms with Crippen LogP contribution in [0, 0.1) is 0 Å². The molecule has 0 aliphatic rings. The van der Waals surface area contributed by atoms with Gasteiger partial charge in [-0.15, -0.1) is 11.3 Å². The highest BCUT2D eigenvalue weighted by atomic mass is 32.2. The number of thiophene rings is 1. The van der Waals surface area contributed by atoms with Crippen molar-refractivity contribution < 1.29 is 9.00 Å². The van der Waals surface area contributed by atoms with E-state index in [-0.39, 0.29) is 16.8 Å². The molecular weight excluding hydrogens is 228 g/mol. The zero-order valence-corrected chi connectivity index (χ0v) is 10.9. The van der Waals surface area contributed by atoms with Crippen molar-refractivity contribution in [3.8, 4) is 0 Å². The van der Waals surface area contributed by atoms with E-state index in [9.17, 15) is 9.00 Å². The second-order valence-corrected chi connectivity index (χ2v) is 6.78. The van der Waals surface area contributed by atoms with Crippen LogP contribution in [0.15, 0.2) is 12.1 Å². The molecule has 0 radical (unpaired) electrons. The summed E-state index contributed by atoms with van der Waals surface area (Å²) < 4.78 is 11.5. The summed E-state index contributed by atoms with van der Waals surface area (Å²) in [5.41, 5.74) is 0. The molecule has 0 saturated carbocycles. The van der Waals surface area contributed by atoms with E-state index in [1.807, 2.05) is 26.0 Å². The zero-order valence-electron chi connectivity index (χ0n) is 9.28. The summed E-state index contributed by atoms with van der Waals surface area (Å²) in [7, 11) is -1.04. The fraction of sp³-hybridized carbons (Fsp3) is 0.545. The van der Waals surface area contributed by atoms with E-state index in [4.69, 9.17) is 0 Å². The monoisotopic (exact) mass is 244 g/mol. The lowest BCUT2D eigenvalue weighted by atomic mass is 10.3. The molecule has 4 heteroatoms. The molecule has 15 heavy (non-hydrogen) atoms. The van der Waals surface area contributed by atoms with Gasteiger partial charge < -0.3 is 0 Å². The van der Waals surface area contributed by atoms with Crippen molar-refractivity contribution in [2.24, 2.45) is 0 Å². The minimum atomic E-state index is -1.04. The van der Waals surface area contributed by atoms with E-state index in [1.54, 1.807) is 0 Å². The first-order valence-electron chi connectivity index (χ1n) is 5.03. The second kappa shape index (κ2) is 5.56. The van der Waals surface area contributed by atoms with Crippen molar-refractivity contribution in [2.45, 2.75) is 32.4 Å².